The molecule has 0 bridgehead atoms. The van der Waals surface area contributed by atoms with Gasteiger partial charge in [-0.2, -0.15) is 4.91 Å². The number of hydrogen-bond acceptors (Lipinski definition) is 5. The summed E-state index contributed by atoms with van der Waals surface area (Å²) in [4.78, 5) is 10.9. The van der Waals surface area contributed by atoms with Gasteiger partial charge < -0.3 is 4.74 Å². The molecule has 0 fully saturated rings. The number of nitrogens with zero attached hydrogens (tertiary/aromatic N) is 1. The summed E-state index contributed by atoms with van der Waals surface area (Å²) >= 11 is 0. The lowest BCUT2D eigenvalue weighted by molar-refractivity contribution is 0.484. The lowest BCUT2D eigenvalue weighted by atomic mass is 10.1. The van der Waals surface area contributed by atoms with Gasteiger partial charge in [-0.05, 0) is 48.2 Å². The number of rotatable bonds is 5. The summed E-state index contributed by atoms with van der Waals surface area (Å²) in [7, 11) is -3.47. The van der Waals surface area contributed by atoms with Crippen LogP contribution in [0.15, 0.2) is 47.6 Å². The Balaban J connectivity index is 2.04. The Bertz CT molecular complexity index is 835. The SMILES string of the molecule is CS(=O)(=O)Nc1cc2c(cc1Oc1ccccc1)CCC2N=O. The topological polar surface area (TPSA) is 84.8 Å². The van der Waals surface area contributed by atoms with Crippen molar-refractivity contribution in [2.24, 2.45) is 5.18 Å². The van der Waals surface area contributed by atoms with Gasteiger partial charge in [0, 0.05) is 0 Å². The zero-order valence-corrected chi connectivity index (χ0v) is 13.3. The first-order valence-corrected chi connectivity index (χ1v) is 9.05. The molecule has 23 heavy (non-hydrogen) atoms. The van der Waals surface area contributed by atoms with Crippen LogP contribution < -0.4 is 9.46 Å². The van der Waals surface area contributed by atoms with E-state index in [4.69, 9.17) is 4.74 Å². The van der Waals surface area contributed by atoms with E-state index in [0.29, 0.717) is 23.6 Å². The van der Waals surface area contributed by atoms with Gasteiger partial charge in [0.05, 0.1) is 11.9 Å². The Kier molecular flexibility index (Phi) is 4.04. The normalized spacial score (nSPS) is 16.7. The van der Waals surface area contributed by atoms with Crippen LogP contribution >= 0.6 is 0 Å². The van der Waals surface area contributed by atoms with E-state index in [9.17, 15) is 13.3 Å². The molecule has 0 heterocycles. The third-order valence-electron chi connectivity index (χ3n) is 3.68. The number of benzene rings is 2. The molecule has 7 heteroatoms. The summed E-state index contributed by atoms with van der Waals surface area (Å²) in [6, 6.07) is 12.1. The molecule has 3 rings (SSSR count). The molecular formula is C16H16N2O4S. The Labute approximate surface area is 134 Å². The van der Waals surface area contributed by atoms with Crippen LogP contribution in [-0.2, 0) is 16.4 Å². The van der Waals surface area contributed by atoms with Crippen molar-refractivity contribution in [1.82, 2.24) is 0 Å². The number of hydrogen-bond donors (Lipinski definition) is 1. The first kappa shape index (κ1) is 15.5. The van der Waals surface area contributed by atoms with Crippen LogP contribution in [0, 0.1) is 4.91 Å². The van der Waals surface area contributed by atoms with E-state index in [2.05, 4.69) is 9.90 Å². The van der Waals surface area contributed by atoms with Gasteiger partial charge in [-0.3, -0.25) is 4.72 Å². The van der Waals surface area contributed by atoms with Crippen molar-refractivity contribution < 1.29 is 13.2 Å². The molecule has 1 aliphatic carbocycles. The van der Waals surface area contributed by atoms with E-state index in [1.807, 2.05) is 18.2 Å². The average molecular weight is 332 g/mol. The molecule has 2 aromatic rings. The molecule has 0 radical (unpaired) electrons. The standard InChI is InChI=1S/C16H16N2O4S/c1-23(20,21)18-15-10-13-11(7-8-14(13)17-19)9-16(15)22-12-5-3-2-4-6-12/h2-6,9-10,14,18H,7-8H2,1H3. The highest BCUT2D eigenvalue weighted by atomic mass is 32.2. The maximum absolute atomic E-state index is 11.6. The quantitative estimate of drug-likeness (QED) is 0.848. The van der Waals surface area contributed by atoms with Gasteiger partial charge in [0.25, 0.3) is 0 Å². The van der Waals surface area contributed by atoms with Gasteiger partial charge in [-0.15, -0.1) is 0 Å². The molecule has 120 valence electrons. The summed E-state index contributed by atoms with van der Waals surface area (Å²) < 4.78 is 31.5. The molecule has 1 aliphatic rings. The predicted molar refractivity (Wildman–Crippen MR) is 88.3 cm³/mol. The Hall–Kier alpha value is -2.41. The first-order valence-electron chi connectivity index (χ1n) is 7.16. The van der Waals surface area contributed by atoms with Gasteiger partial charge in [-0.1, -0.05) is 23.4 Å². The minimum atomic E-state index is -3.47. The summed E-state index contributed by atoms with van der Waals surface area (Å²) in [6.45, 7) is 0. The van der Waals surface area contributed by atoms with E-state index in [1.54, 1.807) is 24.3 Å². The number of para-hydroxylation sites is 1. The maximum Gasteiger partial charge on any atom is 0.229 e. The summed E-state index contributed by atoms with van der Waals surface area (Å²) in [5.74, 6) is 1.01. The maximum atomic E-state index is 11.6. The molecule has 0 aromatic heterocycles. The second-order valence-electron chi connectivity index (χ2n) is 5.50. The van der Waals surface area contributed by atoms with Crippen molar-refractivity contribution >= 4 is 15.7 Å². The third kappa shape index (κ3) is 3.50. The minimum absolute atomic E-state index is 0.311. The van der Waals surface area contributed by atoms with Crippen molar-refractivity contribution in [2.75, 3.05) is 11.0 Å². The highest BCUT2D eigenvalue weighted by molar-refractivity contribution is 7.92. The minimum Gasteiger partial charge on any atom is -0.455 e. The number of nitrogens with one attached hydrogen (secondary N) is 1. The van der Waals surface area contributed by atoms with Crippen LogP contribution in [0.25, 0.3) is 0 Å². The third-order valence-corrected chi connectivity index (χ3v) is 4.27. The molecule has 0 spiro atoms. The van der Waals surface area contributed by atoms with Gasteiger partial charge in [0.1, 0.15) is 11.8 Å². The van der Waals surface area contributed by atoms with E-state index in [0.717, 1.165) is 23.8 Å². The molecule has 0 aliphatic heterocycles. The molecule has 0 saturated heterocycles. The molecule has 1 N–H and O–H groups in total. The van der Waals surface area contributed by atoms with Gasteiger partial charge in [0.2, 0.25) is 10.0 Å². The van der Waals surface area contributed by atoms with E-state index in [-0.39, 0.29) is 0 Å². The number of anilines is 1. The summed E-state index contributed by atoms with van der Waals surface area (Å²) in [5.41, 5.74) is 2.02. The summed E-state index contributed by atoms with van der Waals surface area (Å²) in [6.07, 6.45) is 2.42. The van der Waals surface area contributed by atoms with E-state index in [1.165, 1.54) is 0 Å². The zero-order chi connectivity index (χ0) is 16.4. The highest BCUT2D eigenvalue weighted by Crippen LogP contribution is 2.41. The fourth-order valence-corrected chi connectivity index (χ4v) is 3.26. The molecule has 2 aromatic carbocycles. The number of ether oxygens (including phenoxy) is 1. The second-order valence-corrected chi connectivity index (χ2v) is 7.24. The zero-order valence-electron chi connectivity index (χ0n) is 12.5. The number of aryl methyl sites for hydroxylation is 1. The molecule has 1 unspecified atom stereocenters. The van der Waals surface area contributed by atoms with Crippen molar-refractivity contribution in [3.63, 3.8) is 0 Å². The van der Waals surface area contributed by atoms with Crippen LogP contribution in [-0.4, -0.2) is 14.7 Å². The van der Waals surface area contributed by atoms with Crippen molar-refractivity contribution in [3.05, 3.63) is 58.5 Å². The fourth-order valence-electron chi connectivity index (χ4n) is 2.70. The smallest absolute Gasteiger partial charge is 0.229 e. The molecule has 6 nitrogen and oxygen atoms in total. The number of fused-ring (bicyclic) bond motifs is 1. The molecular weight excluding hydrogens is 316 g/mol. The van der Waals surface area contributed by atoms with Crippen molar-refractivity contribution in [1.29, 1.82) is 0 Å². The Morgan fingerprint density at radius 3 is 2.61 bits per heavy atom. The molecule has 1 atom stereocenters. The number of sulfonamides is 1. The first-order chi connectivity index (χ1) is 11.0. The van der Waals surface area contributed by atoms with Crippen LogP contribution in [0.3, 0.4) is 0 Å². The monoisotopic (exact) mass is 332 g/mol. The van der Waals surface area contributed by atoms with Crippen LogP contribution in [0.4, 0.5) is 5.69 Å². The lowest BCUT2D eigenvalue weighted by Crippen LogP contribution is -2.11. The van der Waals surface area contributed by atoms with Crippen LogP contribution in [0.5, 0.6) is 11.5 Å². The van der Waals surface area contributed by atoms with Gasteiger partial charge in [0.15, 0.2) is 5.75 Å². The van der Waals surface area contributed by atoms with Crippen molar-refractivity contribution in [3.8, 4) is 11.5 Å². The average Bonchev–Trinajstić information content (AvgIpc) is 2.89. The van der Waals surface area contributed by atoms with Crippen LogP contribution in [0.1, 0.15) is 23.6 Å². The van der Waals surface area contributed by atoms with Gasteiger partial charge >= 0.3 is 0 Å². The predicted octanol–water partition coefficient (Wildman–Crippen LogP) is 3.60. The molecule has 0 amide bonds. The Morgan fingerprint density at radius 2 is 1.96 bits per heavy atom. The van der Waals surface area contributed by atoms with Crippen molar-refractivity contribution in [2.45, 2.75) is 18.9 Å². The summed E-state index contributed by atoms with van der Waals surface area (Å²) in [5, 5.41) is 3.11. The number of nitroso groups, excluding NO2 is 1. The second kappa shape index (κ2) is 6.00. The molecule has 0 saturated carbocycles. The van der Waals surface area contributed by atoms with E-state index < -0.39 is 16.1 Å². The lowest BCUT2D eigenvalue weighted by Gasteiger charge is -2.15. The Morgan fingerprint density at radius 1 is 1.22 bits per heavy atom. The largest absolute Gasteiger partial charge is 0.455 e. The fraction of sp³-hybridized carbons (Fsp3) is 0.250. The van der Waals surface area contributed by atoms with Crippen LogP contribution in [0.2, 0.25) is 0 Å². The van der Waals surface area contributed by atoms with Gasteiger partial charge in [-0.25, -0.2) is 8.42 Å². The highest BCUT2D eigenvalue weighted by Gasteiger charge is 2.26. The van der Waals surface area contributed by atoms with E-state index >= 15 is 0 Å².